The summed E-state index contributed by atoms with van der Waals surface area (Å²) in [6.07, 6.45) is 1.39. The molecule has 29 heavy (non-hydrogen) atoms. The van der Waals surface area contributed by atoms with Crippen LogP contribution < -0.4 is 20.2 Å². The van der Waals surface area contributed by atoms with Gasteiger partial charge in [-0.3, -0.25) is 9.59 Å². The van der Waals surface area contributed by atoms with Gasteiger partial charge in [0.2, 0.25) is 11.8 Å². The van der Waals surface area contributed by atoms with Crippen LogP contribution in [0.1, 0.15) is 25.3 Å². The van der Waals surface area contributed by atoms with Gasteiger partial charge in [0.25, 0.3) is 0 Å². The summed E-state index contributed by atoms with van der Waals surface area (Å²) in [6, 6.07) is 10.2. The molecule has 9 heteroatoms. The summed E-state index contributed by atoms with van der Waals surface area (Å²) in [4.78, 5) is 23.9. The number of ether oxygens (including phenoxy) is 2. The van der Waals surface area contributed by atoms with Crippen molar-refractivity contribution in [3.8, 4) is 17.2 Å². The van der Waals surface area contributed by atoms with Crippen LogP contribution in [0.5, 0.6) is 17.2 Å². The van der Waals surface area contributed by atoms with Gasteiger partial charge in [0.1, 0.15) is 5.75 Å². The number of carbonyl (C=O) groups is 2. The average molecular weight is 464 g/mol. The van der Waals surface area contributed by atoms with Crippen LogP contribution in [0.25, 0.3) is 0 Å². The summed E-state index contributed by atoms with van der Waals surface area (Å²) >= 11 is 3.23. The van der Waals surface area contributed by atoms with Gasteiger partial charge in [0.05, 0.1) is 30.1 Å². The summed E-state index contributed by atoms with van der Waals surface area (Å²) in [5.74, 6) is 0.134. The van der Waals surface area contributed by atoms with E-state index >= 15 is 0 Å². The fraction of sp³-hybridized carbons (Fsp3) is 0.250. The number of hydrazone groups is 1. The second kappa shape index (κ2) is 11.1. The van der Waals surface area contributed by atoms with E-state index in [4.69, 9.17) is 9.47 Å². The minimum atomic E-state index is -0.403. The topological polar surface area (TPSA) is 109 Å². The number of nitrogens with zero attached hydrogens (tertiary/aromatic N) is 1. The molecule has 0 saturated heterocycles. The number of hydrogen-bond donors (Lipinski definition) is 3. The Bertz CT molecular complexity index is 902. The van der Waals surface area contributed by atoms with Crippen molar-refractivity contribution in [3.63, 3.8) is 0 Å². The predicted molar refractivity (Wildman–Crippen MR) is 114 cm³/mol. The molecular formula is C20H22BrN3O5. The molecule has 0 atom stereocenters. The largest absolute Gasteiger partial charge is 0.503 e. The highest BCUT2D eigenvalue weighted by Crippen LogP contribution is 2.35. The predicted octanol–water partition coefficient (Wildman–Crippen LogP) is 3.43. The van der Waals surface area contributed by atoms with Crippen LogP contribution in [-0.2, 0) is 9.59 Å². The highest BCUT2D eigenvalue weighted by molar-refractivity contribution is 9.10. The number of phenolic OH excluding ortho intramolecular Hbond substituents is 1. The molecule has 2 rings (SSSR count). The number of phenols is 1. The first kappa shape index (κ1) is 22.2. The zero-order chi connectivity index (χ0) is 21.2. The van der Waals surface area contributed by atoms with E-state index in [1.54, 1.807) is 43.3 Å². The van der Waals surface area contributed by atoms with Crippen LogP contribution in [0.3, 0.4) is 0 Å². The maximum absolute atomic E-state index is 12.0. The number of methoxy groups -OCH3 is 1. The lowest BCUT2D eigenvalue weighted by Crippen LogP contribution is -2.20. The SMILES string of the molecule is CCOc1cc(C=NNC(=O)CCC(=O)Nc2ccccc2OC)cc(Br)c1O. The Labute approximate surface area is 177 Å². The summed E-state index contributed by atoms with van der Waals surface area (Å²) in [5, 5.41) is 16.5. The van der Waals surface area contributed by atoms with E-state index in [1.165, 1.54) is 13.3 Å². The zero-order valence-corrected chi connectivity index (χ0v) is 17.7. The summed E-state index contributed by atoms with van der Waals surface area (Å²) in [7, 11) is 1.51. The fourth-order valence-electron chi connectivity index (χ4n) is 2.36. The van der Waals surface area contributed by atoms with E-state index in [0.29, 0.717) is 33.8 Å². The molecular weight excluding hydrogens is 442 g/mol. The number of carbonyl (C=O) groups excluding carboxylic acids is 2. The molecule has 3 N–H and O–H groups in total. The van der Waals surface area contributed by atoms with E-state index in [1.807, 2.05) is 0 Å². The molecule has 0 unspecified atom stereocenters. The van der Waals surface area contributed by atoms with Crippen molar-refractivity contribution in [2.45, 2.75) is 19.8 Å². The van der Waals surface area contributed by atoms with Crippen LogP contribution in [0.15, 0.2) is 46.0 Å². The Kier molecular flexibility index (Phi) is 8.47. The van der Waals surface area contributed by atoms with Crippen molar-refractivity contribution in [2.75, 3.05) is 19.0 Å². The third kappa shape index (κ3) is 6.79. The van der Waals surface area contributed by atoms with Crippen molar-refractivity contribution < 1.29 is 24.2 Å². The number of rotatable bonds is 9. The zero-order valence-electron chi connectivity index (χ0n) is 16.1. The van der Waals surface area contributed by atoms with Crippen LogP contribution in [0, 0.1) is 0 Å². The maximum atomic E-state index is 12.0. The molecule has 2 aromatic rings. The molecule has 0 heterocycles. The van der Waals surface area contributed by atoms with Crippen molar-refractivity contribution in [3.05, 3.63) is 46.4 Å². The first-order valence-electron chi connectivity index (χ1n) is 8.84. The Morgan fingerprint density at radius 1 is 1.17 bits per heavy atom. The second-order valence-electron chi connectivity index (χ2n) is 5.82. The molecule has 0 radical (unpaired) electrons. The van der Waals surface area contributed by atoms with Gasteiger partial charge in [-0.1, -0.05) is 12.1 Å². The van der Waals surface area contributed by atoms with Gasteiger partial charge in [0, 0.05) is 12.8 Å². The van der Waals surface area contributed by atoms with Crippen molar-refractivity contribution in [2.24, 2.45) is 5.10 Å². The van der Waals surface area contributed by atoms with Gasteiger partial charge >= 0.3 is 0 Å². The Morgan fingerprint density at radius 2 is 1.90 bits per heavy atom. The molecule has 2 aromatic carbocycles. The minimum absolute atomic E-state index is 0.00134. The van der Waals surface area contributed by atoms with Crippen LogP contribution >= 0.6 is 15.9 Å². The van der Waals surface area contributed by atoms with Crippen molar-refractivity contribution in [1.29, 1.82) is 0 Å². The molecule has 2 amide bonds. The Balaban J connectivity index is 1.84. The summed E-state index contributed by atoms with van der Waals surface area (Å²) < 4.78 is 10.9. The third-order valence-corrected chi connectivity index (χ3v) is 4.32. The first-order chi connectivity index (χ1) is 13.9. The van der Waals surface area contributed by atoms with E-state index < -0.39 is 5.91 Å². The fourth-order valence-corrected chi connectivity index (χ4v) is 2.82. The molecule has 0 spiro atoms. The first-order valence-corrected chi connectivity index (χ1v) is 9.64. The lowest BCUT2D eigenvalue weighted by molar-refractivity contribution is -0.124. The molecule has 0 bridgehead atoms. The van der Waals surface area contributed by atoms with E-state index in [-0.39, 0.29) is 24.5 Å². The summed E-state index contributed by atoms with van der Waals surface area (Å²) in [6.45, 7) is 2.20. The quantitative estimate of drug-likeness (QED) is 0.389. The molecule has 0 saturated carbocycles. The van der Waals surface area contributed by atoms with E-state index in [0.717, 1.165) is 0 Å². The van der Waals surface area contributed by atoms with Gasteiger partial charge in [-0.2, -0.15) is 5.10 Å². The van der Waals surface area contributed by atoms with Gasteiger partial charge in [-0.05, 0) is 52.7 Å². The summed E-state index contributed by atoms with van der Waals surface area (Å²) in [5.41, 5.74) is 3.53. The van der Waals surface area contributed by atoms with E-state index in [2.05, 4.69) is 31.8 Å². The Hall–Kier alpha value is -3.07. The molecule has 0 aromatic heterocycles. The smallest absolute Gasteiger partial charge is 0.240 e. The molecule has 154 valence electrons. The number of amides is 2. The molecule has 0 aliphatic rings. The van der Waals surface area contributed by atoms with Crippen LogP contribution in [0.2, 0.25) is 0 Å². The number of nitrogens with one attached hydrogen (secondary N) is 2. The number of para-hydroxylation sites is 2. The molecule has 8 nitrogen and oxygen atoms in total. The molecule has 0 aliphatic heterocycles. The minimum Gasteiger partial charge on any atom is -0.503 e. The van der Waals surface area contributed by atoms with Crippen LogP contribution in [-0.4, -0.2) is 36.9 Å². The highest BCUT2D eigenvalue weighted by Gasteiger charge is 2.10. The second-order valence-corrected chi connectivity index (χ2v) is 6.68. The number of aromatic hydroxyl groups is 1. The lowest BCUT2D eigenvalue weighted by Gasteiger charge is -2.09. The monoisotopic (exact) mass is 463 g/mol. The van der Waals surface area contributed by atoms with Gasteiger partial charge in [-0.25, -0.2) is 5.43 Å². The van der Waals surface area contributed by atoms with Crippen molar-refractivity contribution in [1.82, 2.24) is 5.43 Å². The maximum Gasteiger partial charge on any atom is 0.240 e. The number of anilines is 1. The number of hydrogen-bond acceptors (Lipinski definition) is 6. The normalized spacial score (nSPS) is 10.6. The number of halogens is 1. The standard InChI is InChI=1S/C20H22BrN3O5/c1-3-29-17-11-13(10-14(21)20(17)27)12-22-24-19(26)9-8-18(25)23-15-6-4-5-7-16(15)28-2/h4-7,10-12,27H,3,8-9H2,1-2H3,(H,23,25)(H,24,26). The third-order valence-electron chi connectivity index (χ3n) is 3.71. The lowest BCUT2D eigenvalue weighted by atomic mass is 10.2. The van der Waals surface area contributed by atoms with Gasteiger partial charge < -0.3 is 19.9 Å². The average Bonchev–Trinajstić information content (AvgIpc) is 2.70. The molecule has 0 fully saturated rings. The van der Waals surface area contributed by atoms with Crippen molar-refractivity contribution >= 4 is 39.6 Å². The van der Waals surface area contributed by atoms with Gasteiger partial charge in [0.15, 0.2) is 11.5 Å². The number of benzene rings is 2. The van der Waals surface area contributed by atoms with Gasteiger partial charge in [-0.15, -0.1) is 0 Å². The Morgan fingerprint density at radius 3 is 2.62 bits per heavy atom. The highest BCUT2D eigenvalue weighted by atomic mass is 79.9. The molecule has 0 aliphatic carbocycles. The van der Waals surface area contributed by atoms with Crippen LogP contribution in [0.4, 0.5) is 5.69 Å². The van der Waals surface area contributed by atoms with E-state index in [9.17, 15) is 14.7 Å².